The fourth-order valence-corrected chi connectivity index (χ4v) is 10.3. The van der Waals surface area contributed by atoms with E-state index in [1.165, 1.54) is 21.5 Å². The van der Waals surface area contributed by atoms with Crippen LogP contribution in [0.2, 0.25) is 0 Å². The van der Waals surface area contributed by atoms with Gasteiger partial charge in [0, 0.05) is 59.9 Å². The topological polar surface area (TPSA) is 83.0 Å². The molecule has 0 atom stereocenters. The van der Waals surface area contributed by atoms with Crippen LogP contribution < -0.4 is 0 Å². The lowest BCUT2D eigenvalue weighted by molar-refractivity contribution is 0.668. The summed E-state index contributed by atoms with van der Waals surface area (Å²) in [5, 5.41) is 13.1. The Bertz CT molecular complexity index is 4420. The maximum atomic E-state index is 6.92. The number of para-hydroxylation sites is 4. The predicted octanol–water partition coefficient (Wildman–Crippen LogP) is 16.0. The Balaban J connectivity index is 0.989. The Morgan fingerprint density at radius 1 is 0.318 bits per heavy atom. The molecule has 0 unspecified atom stereocenters. The first-order valence-corrected chi connectivity index (χ1v) is 22.1. The molecule has 5 heterocycles. The van der Waals surface area contributed by atoms with Crippen LogP contribution in [-0.4, -0.2) is 19.5 Å². The first-order chi connectivity index (χ1) is 32.7. The molecule has 66 heavy (non-hydrogen) atoms. The zero-order chi connectivity index (χ0) is 43.0. The summed E-state index contributed by atoms with van der Waals surface area (Å²) in [6.07, 6.45) is 0. The molecule has 0 fully saturated rings. The van der Waals surface area contributed by atoms with Gasteiger partial charge in [-0.25, -0.2) is 15.0 Å². The molecule has 306 valence electrons. The van der Waals surface area contributed by atoms with Crippen LogP contribution in [0.3, 0.4) is 0 Å². The van der Waals surface area contributed by atoms with Crippen LogP contribution in [-0.2, 0) is 0 Å². The minimum Gasteiger partial charge on any atom is -0.456 e. The number of fused-ring (bicyclic) bond motifs is 15. The van der Waals surface area contributed by atoms with Gasteiger partial charge in [0.25, 0.3) is 0 Å². The summed E-state index contributed by atoms with van der Waals surface area (Å²) < 4.78 is 21.8. The highest BCUT2D eigenvalue weighted by molar-refractivity contribution is 6.23. The molecule has 15 rings (SSSR count). The molecule has 0 spiro atoms. The van der Waals surface area contributed by atoms with Gasteiger partial charge in [0.1, 0.15) is 33.5 Å². The highest BCUT2D eigenvalue weighted by Gasteiger charge is 2.23. The van der Waals surface area contributed by atoms with E-state index in [4.69, 9.17) is 28.2 Å². The van der Waals surface area contributed by atoms with Crippen molar-refractivity contribution >= 4 is 109 Å². The fourth-order valence-electron chi connectivity index (χ4n) is 10.3. The summed E-state index contributed by atoms with van der Waals surface area (Å²) >= 11 is 0. The number of hydrogen-bond donors (Lipinski definition) is 0. The maximum absolute atomic E-state index is 6.92. The molecule has 0 saturated carbocycles. The monoisotopic (exact) mass is 844 g/mol. The molecule has 0 aliphatic heterocycles. The van der Waals surface area contributed by atoms with Crippen molar-refractivity contribution in [1.82, 2.24) is 19.5 Å². The van der Waals surface area contributed by atoms with E-state index < -0.39 is 0 Å². The third-order valence-electron chi connectivity index (χ3n) is 13.4. The molecule has 0 aliphatic carbocycles. The molecule has 7 heteroatoms. The van der Waals surface area contributed by atoms with Gasteiger partial charge < -0.3 is 17.8 Å². The lowest BCUT2D eigenvalue weighted by Gasteiger charge is -2.13. The number of rotatable bonds is 4. The standard InChI is InChI=1S/C59H32N4O3/c1-2-12-34-31-49-44(27-33(34)11-1)39-13-3-7-17-48(39)63(49)38-24-21-35-28-47(56-55(43(35)32-38)42-16-6-10-20-52(42)66-56)59-61-57(36-22-25-53-45(29-36)40-14-4-8-18-50(40)64-53)60-58(62-59)37-23-26-54-46(30-37)41-15-5-9-19-51(41)65-54/h1-32H. The van der Waals surface area contributed by atoms with Crippen molar-refractivity contribution in [2.75, 3.05) is 0 Å². The molecule has 0 radical (unpaired) electrons. The molecular formula is C59H32N4O3. The molecule has 0 saturated heterocycles. The van der Waals surface area contributed by atoms with Gasteiger partial charge in [-0.05, 0) is 113 Å². The highest BCUT2D eigenvalue weighted by Crippen LogP contribution is 2.43. The van der Waals surface area contributed by atoms with Gasteiger partial charge in [-0.1, -0.05) is 103 Å². The largest absolute Gasteiger partial charge is 0.456 e. The Hall–Kier alpha value is -9.07. The van der Waals surface area contributed by atoms with Crippen LogP contribution >= 0.6 is 0 Å². The van der Waals surface area contributed by atoms with E-state index in [1.807, 2.05) is 72.8 Å². The molecule has 0 bridgehead atoms. The van der Waals surface area contributed by atoms with Crippen molar-refractivity contribution in [2.45, 2.75) is 0 Å². The second-order valence-electron chi connectivity index (χ2n) is 17.1. The van der Waals surface area contributed by atoms with Crippen LogP contribution in [0, 0.1) is 0 Å². The zero-order valence-corrected chi connectivity index (χ0v) is 35.0. The quantitative estimate of drug-likeness (QED) is 0.175. The highest BCUT2D eigenvalue weighted by atomic mass is 16.3. The molecule has 7 nitrogen and oxygen atoms in total. The Morgan fingerprint density at radius 3 is 1.55 bits per heavy atom. The molecule has 5 aromatic heterocycles. The van der Waals surface area contributed by atoms with Crippen molar-refractivity contribution in [3.8, 4) is 39.9 Å². The normalized spacial score (nSPS) is 12.2. The molecular weight excluding hydrogens is 813 g/mol. The minimum absolute atomic E-state index is 0.508. The van der Waals surface area contributed by atoms with Crippen LogP contribution in [0.15, 0.2) is 207 Å². The number of nitrogens with zero attached hydrogens (tertiary/aromatic N) is 4. The third-order valence-corrected chi connectivity index (χ3v) is 13.4. The van der Waals surface area contributed by atoms with E-state index in [1.54, 1.807) is 0 Å². The summed E-state index contributed by atoms with van der Waals surface area (Å²) in [4.78, 5) is 15.9. The number of hydrogen-bond acceptors (Lipinski definition) is 6. The van der Waals surface area contributed by atoms with Crippen LogP contribution in [0.4, 0.5) is 0 Å². The summed E-state index contributed by atoms with van der Waals surface area (Å²) in [5.41, 5.74) is 10.6. The summed E-state index contributed by atoms with van der Waals surface area (Å²) in [7, 11) is 0. The fraction of sp³-hybridized carbons (Fsp3) is 0. The van der Waals surface area contributed by atoms with Gasteiger partial charge in [0.05, 0.1) is 16.6 Å². The lowest BCUT2D eigenvalue weighted by atomic mass is 9.99. The first-order valence-electron chi connectivity index (χ1n) is 22.1. The van der Waals surface area contributed by atoms with E-state index in [0.29, 0.717) is 23.1 Å². The van der Waals surface area contributed by atoms with Crippen molar-refractivity contribution in [3.63, 3.8) is 0 Å². The van der Waals surface area contributed by atoms with Gasteiger partial charge >= 0.3 is 0 Å². The Kier molecular flexibility index (Phi) is 7.10. The smallest absolute Gasteiger partial charge is 0.167 e. The van der Waals surface area contributed by atoms with Crippen LogP contribution in [0.1, 0.15) is 0 Å². The third kappa shape index (κ3) is 5.10. The van der Waals surface area contributed by atoms with Crippen molar-refractivity contribution in [3.05, 3.63) is 194 Å². The number of furan rings is 3. The molecule has 10 aromatic carbocycles. The summed E-state index contributed by atoms with van der Waals surface area (Å²) in [6.45, 7) is 0. The average Bonchev–Trinajstić information content (AvgIpc) is 4.14. The van der Waals surface area contributed by atoms with Gasteiger partial charge in [-0.3, -0.25) is 0 Å². The number of benzene rings is 10. The van der Waals surface area contributed by atoms with Crippen molar-refractivity contribution < 1.29 is 13.3 Å². The van der Waals surface area contributed by atoms with Crippen molar-refractivity contribution in [1.29, 1.82) is 0 Å². The van der Waals surface area contributed by atoms with E-state index in [2.05, 4.69) is 126 Å². The second-order valence-corrected chi connectivity index (χ2v) is 17.1. The summed E-state index contributed by atoms with van der Waals surface area (Å²) in [5.74, 6) is 1.59. The zero-order valence-electron chi connectivity index (χ0n) is 35.0. The molecule has 15 aromatic rings. The molecule has 0 aliphatic rings. The Morgan fingerprint density at radius 2 is 0.864 bits per heavy atom. The van der Waals surface area contributed by atoms with E-state index in [9.17, 15) is 0 Å². The second kappa shape index (κ2) is 13.2. The van der Waals surface area contributed by atoms with Crippen molar-refractivity contribution in [2.24, 2.45) is 0 Å². The molecule has 0 N–H and O–H groups in total. The minimum atomic E-state index is 0.508. The summed E-state index contributed by atoms with van der Waals surface area (Å²) in [6, 6.07) is 67.6. The first kappa shape index (κ1) is 35.4. The maximum Gasteiger partial charge on any atom is 0.167 e. The lowest BCUT2D eigenvalue weighted by Crippen LogP contribution is -2.00. The Labute approximate surface area is 374 Å². The predicted molar refractivity (Wildman–Crippen MR) is 267 cm³/mol. The molecule has 0 amide bonds. The SMILES string of the molecule is c1ccc2cc3c(cc2c1)c1ccccc1n3-c1ccc2cc(-c3nc(-c4ccc5oc6ccccc6c5c4)nc(-c4ccc5oc6ccccc6c5c4)n3)c3oc4ccccc4c3c2c1. The van der Waals surface area contributed by atoms with Crippen LogP contribution in [0.25, 0.3) is 149 Å². The number of aromatic nitrogens is 4. The van der Waals surface area contributed by atoms with Crippen LogP contribution in [0.5, 0.6) is 0 Å². The van der Waals surface area contributed by atoms with Gasteiger partial charge in [-0.2, -0.15) is 0 Å². The van der Waals surface area contributed by atoms with E-state index >= 15 is 0 Å². The average molecular weight is 845 g/mol. The van der Waals surface area contributed by atoms with Gasteiger partial charge in [0.15, 0.2) is 17.5 Å². The van der Waals surface area contributed by atoms with E-state index in [-0.39, 0.29) is 0 Å². The van der Waals surface area contributed by atoms with E-state index in [0.717, 1.165) is 104 Å². The van der Waals surface area contributed by atoms with Gasteiger partial charge in [0.2, 0.25) is 0 Å². The van der Waals surface area contributed by atoms with Gasteiger partial charge in [-0.15, -0.1) is 0 Å².